The average molecular weight is 475 g/mol. The fourth-order valence-electron chi connectivity index (χ4n) is 3.82. The van der Waals surface area contributed by atoms with Crippen LogP contribution in [0.5, 0.6) is 11.5 Å². The van der Waals surface area contributed by atoms with Gasteiger partial charge < -0.3 is 19.7 Å². The molecular weight excluding hydrogens is 440 g/mol. The molecule has 0 aliphatic heterocycles. The summed E-state index contributed by atoms with van der Waals surface area (Å²) in [5, 5.41) is 2.98. The molecular formula is C29H34N2O4. The Hall–Kier alpha value is -3.80. The molecule has 0 spiro atoms. The molecule has 6 nitrogen and oxygen atoms in total. The standard InChI is InChI=1S/C29H34N2O4/c1-4-16-30-29(33)27(19-23-11-6-5-7-12-23)31(20-24-13-9-14-25(18-24)34-3)28(32)21-35-26-15-8-10-22(2)17-26/h5-15,17-18,27H,4,16,19-21H2,1-3H3,(H,30,33)/t27-/m0/s1. The summed E-state index contributed by atoms with van der Waals surface area (Å²) < 4.78 is 11.2. The number of aryl methyl sites for hydroxylation is 1. The SMILES string of the molecule is CCCNC(=O)[C@H](Cc1ccccc1)N(Cc1cccc(OC)c1)C(=O)COc1cccc(C)c1. The van der Waals surface area contributed by atoms with Crippen LogP contribution >= 0.6 is 0 Å². The van der Waals surface area contributed by atoms with Gasteiger partial charge in [0.05, 0.1) is 7.11 Å². The molecule has 0 unspecified atom stereocenters. The molecule has 1 atom stereocenters. The monoisotopic (exact) mass is 474 g/mol. The molecule has 35 heavy (non-hydrogen) atoms. The fourth-order valence-corrected chi connectivity index (χ4v) is 3.82. The first-order valence-electron chi connectivity index (χ1n) is 11.9. The van der Waals surface area contributed by atoms with Crippen molar-refractivity contribution in [3.05, 3.63) is 95.6 Å². The third-order valence-corrected chi connectivity index (χ3v) is 5.66. The van der Waals surface area contributed by atoms with Gasteiger partial charge in [-0.05, 0) is 54.3 Å². The van der Waals surface area contributed by atoms with E-state index in [0.29, 0.717) is 24.5 Å². The molecule has 0 aliphatic carbocycles. The highest BCUT2D eigenvalue weighted by molar-refractivity contribution is 5.88. The Morgan fingerprint density at radius 1 is 0.914 bits per heavy atom. The Labute approximate surface area is 207 Å². The van der Waals surface area contributed by atoms with Gasteiger partial charge in [0, 0.05) is 19.5 Å². The normalized spacial score (nSPS) is 11.4. The minimum absolute atomic E-state index is 0.167. The number of nitrogens with one attached hydrogen (secondary N) is 1. The quantitative estimate of drug-likeness (QED) is 0.418. The zero-order valence-corrected chi connectivity index (χ0v) is 20.7. The van der Waals surface area contributed by atoms with E-state index >= 15 is 0 Å². The van der Waals surface area contributed by atoms with Crippen LogP contribution in [0.2, 0.25) is 0 Å². The van der Waals surface area contributed by atoms with Crippen molar-refractivity contribution in [2.45, 2.75) is 39.3 Å². The third kappa shape index (κ3) is 7.88. The van der Waals surface area contributed by atoms with E-state index in [4.69, 9.17) is 9.47 Å². The summed E-state index contributed by atoms with van der Waals surface area (Å²) in [6.45, 7) is 4.61. The molecule has 2 amide bonds. The predicted octanol–water partition coefficient (Wildman–Crippen LogP) is 4.55. The first-order valence-corrected chi connectivity index (χ1v) is 11.9. The van der Waals surface area contributed by atoms with Gasteiger partial charge in [-0.2, -0.15) is 0 Å². The van der Waals surface area contributed by atoms with E-state index in [9.17, 15) is 9.59 Å². The largest absolute Gasteiger partial charge is 0.497 e. The molecule has 0 bridgehead atoms. The molecule has 1 N–H and O–H groups in total. The molecule has 0 fully saturated rings. The van der Waals surface area contributed by atoms with Crippen molar-refractivity contribution < 1.29 is 19.1 Å². The second-order valence-electron chi connectivity index (χ2n) is 8.47. The zero-order chi connectivity index (χ0) is 25.0. The van der Waals surface area contributed by atoms with Gasteiger partial charge in [-0.1, -0.05) is 61.5 Å². The summed E-state index contributed by atoms with van der Waals surface area (Å²) in [6.07, 6.45) is 1.21. The number of carbonyl (C=O) groups is 2. The van der Waals surface area contributed by atoms with Crippen molar-refractivity contribution in [3.63, 3.8) is 0 Å². The summed E-state index contributed by atoms with van der Waals surface area (Å²) in [5.74, 6) is 0.875. The van der Waals surface area contributed by atoms with Gasteiger partial charge in [0.15, 0.2) is 6.61 Å². The van der Waals surface area contributed by atoms with E-state index in [1.54, 1.807) is 12.0 Å². The van der Waals surface area contributed by atoms with E-state index in [1.807, 2.05) is 92.7 Å². The van der Waals surface area contributed by atoms with Gasteiger partial charge in [0.25, 0.3) is 5.91 Å². The van der Waals surface area contributed by atoms with Gasteiger partial charge in [-0.15, -0.1) is 0 Å². The lowest BCUT2D eigenvalue weighted by molar-refractivity contribution is -0.142. The lowest BCUT2D eigenvalue weighted by atomic mass is 10.0. The smallest absolute Gasteiger partial charge is 0.261 e. The second-order valence-corrected chi connectivity index (χ2v) is 8.47. The lowest BCUT2D eigenvalue weighted by Crippen LogP contribution is -2.51. The minimum Gasteiger partial charge on any atom is -0.497 e. The summed E-state index contributed by atoms with van der Waals surface area (Å²) in [5.41, 5.74) is 2.89. The Bertz CT molecular complexity index is 1100. The van der Waals surface area contributed by atoms with Crippen LogP contribution in [0, 0.1) is 6.92 Å². The van der Waals surface area contributed by atoms with Crippen LogP contribution in [0.15, 0.2) is 78.9 Å². The maximum atomic E-state index is 13.6. The molecule has 0 heterocycles. The predicted molar refractivity (Wildman–Crippen MR) is 137 cm³/mol. The molecule has 0 radical (unpaired) electrons. The summed E-state index contributed by atoms with van der Waals surface area (Å²) in [4.78, 5) is 28.5. The molecule has 0 aromatic heterocycles. The summed E-state index contributed by atoms with van der Waals surface area (Å²) in [6, 6.07) is 24.2. The lowest BCUT2D eigenvalue weighted by Gasteiger charge is -2.31. The number of amides is 2. The van der Waals surface area contributed by atoms with E-state index in [1.165, 1.54) is 0 Å². The highest BCUT2D eigenvalue weighted by Gasteiger charge is 2.30. The van der Waals surface area contributed by atoms with Gasteiger partial charge in [-0.25, -0.2) is 0 Å². The maximum Gasteiger partial charge on any atom is 0.261 e. The number of methoxy groups -OCH3 is 1. The molecule has 0 aliphatic rings. The highest BCUT2D eigenvalue weighted by atomic mass is 16.5. The topological polar surface area (TPSA) is 67.9 Å². The first kappa shape index (κ1) is 25.8. The van der Waals surface area contributed by atoms with Crippen molar-refractivity contribution in [1.82, 2.24) is 10.2 Å². The molecule has 3 aromatic rings. The van der Waals surface area contributed by atoms with Crippen LogP contribution in [-0.4, -0.2) is 43.0 Å². The minimum atomic E-state index is -0.691. The van der Waals surface area contributed by atoms with E-state index < -0.39 is 6.04 Å². The molecule has 0 saturated heterocycles. The second kappa shape index (κ2) is 13.2. The van der Waals surface area contributed by atoms with Crippen molar-refractivity contribution in [2.24, 2.45) is 0 Å². The van der Waals surface area contributed by atoms with Gasteiger partial charge in [0.2, 0.25) is 5.91 Å². The van der Waals surface area contributed by atoms with Crippen LogP contribution in [0.4, 0.5) is 0 Å². The number of hydrogen-bond donors (Lipinski definition) is 1. The number of nitrogens with zero attached hydrogens (tertiary/aromatic N) is 1. The third-order valence-electron chi connectivity index (χ3n) is 5.66. The zero-order valence-electron chi connectivity index (χ0n) is 20.7. The average Bonchev–Trinajstić information content (AvgIpc) is 2.88. The van der Waals surface area contributed by atoms with Crippen LogP contribution in [-0.2, 0) is 22.6 Å². The Morgan fingerprint density at radius 2 is 1.63 bits per heavy atom. The van der Waals surface area contributed by atoms with Crippen LogP contribution in [0.1, 0.15) is 30.0 Å². The fraction of sp³-hybridized carbons (Fsp3) is 0.310. The van der Waals surface area contributed by atoms with Crippen LogP contribution < -0.4 is 14.8 Å². The van der Waals surface area contributed by atoms with Crippen molar-refractivity contribution in [3.8, 4) is 11.5 Å². The number of hydrogen-bond acceptors (Lipinski definition) is 4. The number of benzene rings is 3. The summed E-state index contributed by atoms with van der Waals surface area (Å²) >= 11 is 0. The van der Waals surface area contributed by atoms with Crippen molar-refractivity contribution in [2.75, 3.05) is 20.3 Å². The molecule has 184 valence electrons. The first-order chi connectivity index (χ1) is 17.0. The van der Waals surface area contributed by atoms with Crippen LogP contribution in [0.25, 0.3) is 0 Å². The van der Waals surface area contributed by atoms with Crippen molar-refractivity contribution in [1.29, 1.82) is 0 Å². The number of carbonyl (C=O) groups excluding carboxylic acids is 2. The molecule has 0 saturated carbocycles. The van der Waals surface area contributed by atoms with E-state index in [-0.39, 0.29) is 25.0 Å². The van der Waals surface area contributed by atoms with Gasteiger partial charge in [0.1, 0.15) is 17.5 Å². The molecule has 3 aromatic carbocycles. The molecule has 3 rings (SSSR count). The number of rotatable bonds is 12. The van der Waals surface area contributed by atoms with Crippen molar-refractivity contribution >= 4 is 11.8 Å². The van der Waals surface area contributed by atoms with Crippen LogP contribution in [0.3, 0.4) is 0 Å². The number of ether oxygens (including phenoxy) is 2. The molecule has 6 heteroatoms. The Morgan fingerprint density at radius 3 is 2.34 bits per heavy atom. The van der Waals surface area contributed by atoms with E-state index in [0.717, 1.165) is 23.1 Å². The highest BCUT2D eigenvalue weighted by Crippen LogP contribution is 2.19. The maximum absolute atomic E-state index is 13.6. The summed E-state index contributed by atoms with van der Waals surface area (Å²) in [7, 11) is 1.61. The Balaban J connectivity index is 1.90. The van der Waals surface area contributed by atoms with Gasteiger partial charge in [-0.3, -0.25) is 9.59 Å². The van der Waals surface area contributed by atoms with Gasteiger partial charge >= 0.3 is 0 Å². The Kier molecular flexibility index (Phi) is 9.72. The van der Waals surface area contributed by atoms with E-state index in [2.05, 4.69) is 5.32 Å².